The lowest BCUT2D eigenvalue weighted by molar-refractivity contribution is -0.141. The second-order valence-electron chi connectivity index (χ2n) is 6.65. The Bertz CT molecular complexity index is 1180. The van der Waals surface area contributed by atoms with Crippen molar-refractivity contribution in [3.8, 4) is 0 Å². The van der Waals surface area contributed by atoms with Crippen molar-refractivity contribution < 1.29 is 33.5 Å². The molecule has 2 aliphatic heterocycles. The van der Waals surface area contributed by atoms with Crippen LogP contribution in [0.3, 0.4) is 0 Å². The van der Waals surface area contributed by atoms with E-state index in [0.717, 1.165) is 18.0 Å². The highest BCUT2D eigenvalue weighted by Crippen LogP contribution is 2.47. The van der Waals surface area contributed by atoms with E-state index < -0.39 is 22.8 Å². The van der Waals surface area contributed by atoms with Crippen molar-refractivity contribution >= 4 is 59.5 Å². The van der Waals surface area contributed by atoms with Gasteiger partial charge in [-0.15, -0.1) is 16.9 Å². The van der Waals surface area contributed by atoms with Gasteiger partial charge in [-0.3, -0.25) is 19.4 Å². The first-order valence-corrected chi connectivity index (χ1v) is 11.3. The van der Waals surface area contributed by atoms with E-state index in [2.05, 4.69) is 30.5 Å². The third-order valence-electron chi connectivity index (χ3n) is 4.60. The summed E-state index contributed by atoms with van der Waals surface area (Å²) >= 11 is 2.37. The number of aromatic nitrogens is 5. The van der Waals surface area contributed by atoms with Gasteiger partial charge in [0.15, 0.2) is 5.82 Å². The zero-order valence-corrected chi connectivity index (χ0v) is 19.2. The number of oxime groups is 1. The molecular weight excluding hydrogens is 494 g/mol. The van der Waals surface area contributed by atoms with Gasteiger partial charge in [0.2, 0.25) is 16.9 Å². The number of hydrogen-bond donors (Lipinski definition) is 2. The third-order valence-corrected chi connectivity index (χ3v) is 7.11. The summed E-state index contributed by atoms with van der Waals surface area (Å²) in [5, 5.41) is 23.1. The number of carboxylic acid groups (broad SMARTS) is 1. The number of aryl methyl sites for hydroxylation is 1. The van der Waals surface area contributed by atoms with Crippen molar-refractivity contribution in [2.75, 3.05) is 23.5 Å². The molecule has 2 amide bonds. The van der Waals surface area contributed by atoms with Gasteiger partial charge in [-0.25, -0.2) is 9.48 Å². The molecule has 2 aromatic heterocycles. The Morgan fingerprint density at radius 1 is 1.53 bits per heavy atom. The average molecular weight is 512 g/mol. The molecule has 16 nitrogen and oxygen atoms in total. The minimum atomic E-state index is -1.62. The number of fused-ring (bicyclic) bond motifs is 1. The molecule has 3 N–H and O–H groups in total. The molecule has 2 aromatic rings. The zero-order chi connectivity index (χ0) is 24.4. The number of tetrazole rings is 1. The molecule has 0 radical (unpaired) electrons. The van der Waals surface area contributed by atoms with Gasteiger partial charge in [-0.05, 0) is 10.4 Å². The van der Waals surface area contributed by atoms with Gasteiger partial charge < -0.3 is 24.8 Å². The first kappa shape index (κ1) is 23.4. The first-order valence-electron chi connectivity index (χ1n) is 9.37. The Hall–Kier alpha value is -3.80. The highest BCUT2D eigenvalue weighted by atomic mass is 32.2. The molecule has 34 heavy (non-hydrogen) atoms. The zero-order valence-electron chi connectivity index (χ0n) is 17.6. The summed E-state index contributed by atoms with van der Waals surface area (Å²) in [6.45, 7) is 0. The number of nitrogen functional groups attached to an aromatic ring is 1. The number of ether oxygens (including phenoxy) is 1. The maximum atomic E-state index is 13.1. The van der Waals surface area contributed by atoms with Crippen LogP contribution in [0.1, 0.15) is 6.42 Å². The number of β-lactam (4-membered cyclic amide) rings is 1. The number of nitrogens with zero attached hydrogens (tertiary/aromatic N) is 8. The van der Waals surface area contributed by atoms with E-state index in [1.165, 1.54) is 39.6 Å². The highest BCUT2D eigenvalue weighted by Gasteiger charge is 2.50. The molecule has 18 heteroatoms. The SMILES string of the molecule is CON=CC(=O)N(c1coc(N)n1)C1S[C@H]2CC(=O)N2C(OC(=O)O)=C1CSc1nnnn1C. The molecular formula is C16H17N9O7S2. The smallest absolute Gasteiger partial charge is 0.449 e. The number of oxazole rings is 1. The standard InChI is InChI=1S/C16H17N9O7S2/c1-23-15(20-21-22-23)33-6-7-12(32-16(28)29)25-9(26)3-11(25)34-13(7)24(10(27)4-18-30-2)8-5-31-14(17)19-8/h4-5,11,13H,3,6H2,1-2H3,(H2,17,19)(H,28,29)/t11-,13?/m0/s1. The van der Waals surface area contributed by atoms with E-state index in [9.17, 15) is 19.5 Å². The number of rotatable bonds is 8. The van der Waals surface area contributed by atoms with Crippen LogP contribution in [-0.4, -0.2) is 83.0 Å². The van der Waals surface area contributed by atoms with Crippen LogP contribution in [0.2, 0.25) is 0 Å². The Kier molecular flexibility index (Phi) is 6.59. The minimum Gasteiger partial charge on any atom is -0.449 e. The largest absolute Gasteiger partial charge is 0.512 e. The van der Waals surface area contributed by atoms with Crippen LogP contribution in [0.4, 0.5) is 16.6 Å². The predicted octanol–water partition coefficient (Wildman–Crippen LogP) is 0.0753. The Morgan fingerprint density at radius 3 is 2.91 bits per heavy atom. The fourth-order valence-electron chi connectivity index (χ4n) is 3.16. The highest BCUT2D eigenvalue weighted by molar-refractivity contribution is 8.01. The van der Waals surface area contributed by atoms with Crippen molar-refractivity contribution in [3.05, 3.63) is 17.7 Å². The van der Waals surface area contributed by atoms with Crippen LogP contribution in [0.25, 0.3) is 0 Å². The number of carbonyl (C=O) groups excluding carboxylic acids is 2. The van der Waals surface area contributed by atoms with Gasteiger partial charge in [-0.2, -0.15) is 4.98 Å². The number of amides is 2. The quantitative estimate of drug-likeness (QED) is 0.158. The summed E-state index contributed by atoms with van der Waals surface area (Å²) in [6, 6.07) is -0.190. The number of nitrogens with two attached hydrogens (primary N) is 1. The van der Waals surface area contributed by atoms with Crippen molar-refractivity contribution in [3.63, 3.8) is 0 Å². The average Bonchev–Trinajstić information content (AvgIpc) is 3.38. The third kappa shape index (κ3) is 4.49. The summed E-state index contributed by atoms with van der Waals surface area (Å²) in [5.41, 5.74) is 5.90. The van der Waals surface area contributed by atoms with Gasteiger partial charge >= 0.3 is 6.16 Å². The van der Waals surface area contributed by atoms with E-state index >= 15 is 0 Å². The molecule has 2 aliphatic rings. The predicted molar refractivity (Wildman–Crippen MR) is 116 cm³/mol. The number of carbonyl (C=O) groups is 3. The van der Waals surface area contributed by atoms with Crippen LogP contribution in [-0.2, 0) is 26.2 Å². The molecule has 2 atom stereocenters. The van der Waals surface area contributed by atoms with Crippen LogP contribution in [0, 0.1) is 0 Å². The monoisotopic (exact) mass is 511 g/mol. The number of hydrogen-bond acceptors (Lipinski definition) is 14. The van der Waals surface area contributed by atoms with E-state index in [1.54, 1.807) is 7.05 Å². The molecule has 0 bridgehead atoms. The van der Waals surface area contributed by atoms with Gasteiger partial charge in [0.25, 0.3) is 11.9 Å². The molecule has 1 unspecified atom stereocenters. The van der Waals surface area contributed by atoms with Crippen molar-refractivity contribution in [2.24, 2.45) is 12.2 Å². The van der Waals surface area contributed by atoms with Crippen molar-refractivity contribution in [1.82, 2.24) is 30.1 Å². The molecule has 0 saturated carbocycles. The Balaban J connectivity index is 1.81. The van der Waals surface area contributed by atoms with Crippen LogP contribution >= 0.6 is 23.5 Å². The van der Waals surface area contributed by atoms with E-state index in [4.69, 9.17) is 14.9 Å². The Morgan fingerprint density at radius 2 is 2.32 bits per heavy atom. The minimum absolute atomic E-state index is 0.0409. The molecule has 0 aromatic carbocycles. The van der Waals surface area contributed by atoms with Crippen molar-refractivity contribution in [2.45, 2.75) is 22.3 Å². The molecule has 0 aliphatic carbocycles. The second kappa shape index (κ2) is 9.59. The molecule has 1 saturated heterocycles. The normalized spacial score (nSPS) is 19.7. The molecule has 1 fully saturated rings. The summed E-state index contributed by atoms with van der Waals surface area (Å²) in [7, 11) is 2.90. The van der Waals surface area contributed by atoms with Gasteiger partial charge in [-0.1, -0.05) is 16.9 Å². The summed E-state index contributed by atoms with van der Waals surface area (Å²) < 4.78 is 11.5. The van der Waals surface area contributed by atoms with Gasteiger partial charge in [0, 0.05) is 18.4 Å². The van der Waals surface area contributed by atoms with Crippen molar-refractivity contribution in [1.29, 1.82) is 0 Å². The molecule has 4 rings (SSSR count). The lowest BCUT2D eigenvalue weighted by Crippen LogP contribution is -2.57. The van der Waals surface area contributed by atoms with E-state index in [1.807, 2.05) is 0 Å². The molecule has 180 valence electrons. The number of thioether (sulfide) groups is 2. The van der Waals surface area contributed by atoms with Crippen LogP contribution < -0.4 is 10.6 Å². The molecule has 0 spiro atoms. The fraction of sp³-hybridized carbons (Fsp3) is 0.375. The van der Waals surface area contributed by atoms with E-state index in [0.29, 0.717) is 5.16 Å². The second-order valence-corrected chi connectivity index (χ2v) is 8.86. The lowest BCUT2D eigenvalue weighted by atomic mass is 10.1. The molecule has 4 heterocycles. The maximum absolute atomic E-state index is 13.1. The lowest BCUT2D eigenvalue weighted by Gasteiger charge is -2.48. The fourth-order valence-corrected chi connectivity index (χ4v) is 5.70. The Labute approximate surface area is 199 Å². The topological polar surface area (TPSA) is 204 Å². The van der Waals surface area contributed by atoms with Gasteiger partial charge in [0.05, 0.1) is 11.8 Å². The maximum Gasteiger partial charge on any atom is 0.512 e. The van der Waals surface area contributed by atoms with Gasteiger partial charge in [0.1, 0.15) is 25.0 Å². The summed E-state index contributed by atoms with van der Waals surface area (Å²) in [4.78, 5) is 48.0. The number of anilines is 2. The first-order chi connectivity index (χ1) is 16.3. The van der Waals surface area contributed by atoms with Crippen LogP contribution in [0.5, 0.6) is 0 Å². The van der Waals surface area contributed by atoms with Crippen LogP contribution in [0.15, 0.2) is 32.4 Å². The summed E-state index contributed by atoms with van der Waals surface area (Å²) in [6.07, 6.45) is 0.586. The van der Waals surface area contributed by atoms with E-state index in [-0.39, 0.29) is 41.4 Å². The summed E-state index contributed by atoms with van der Waals surface area (Å²) in [5.74, 6) is -1.08.